The molecule has 0 radical (unpaired) electrons. The van der Waals surface area contributed by atoms with Gasteiger partial charge in [0.15, 0.2) is 0 Å². The predicted molar refractivity (Wildman–Crippen MR) is 280 cm³/mol. The van der Waals surface area contributed by atoms with Crippen molar-refractivity contribution in [2.45, 2.75) is 13.8 Å². The summed E-state index contributed by atoms with van der Waals surface area (Å²) in [6.45, 7) is 4.17. The van der Waals surface area contributed by atoms with E-state index >= 15 is 0 Å². The quantitative estimate of drug-likeness (QED) is 0.154. The van der Waals surface area contributed by atoms with Crippen molar-refractivity contribution in [2.24, 2.45) is 20.4 Å². The van der Waals surface area contributed by atoms with Gasteiger partial charge >= 0.3 is 34.1 Å². The van der Waals surface area contributed by atoms with Crippen molar-refractivity contribution in [3.8, 4) is 0 Å². The van der Waals surface area contributed by atoms with E-state index in [9.17, 15) is 0 Å². The van der Waals surface area contributed by atoms with Gasteiger partial charge in [-0.3, -0.25) is 0 Å². The summed E-state index contributed by atoms with van der Waals surface area (Å²) in [5, 5.41) is 48.2. The van der Waals surface area contributed by atoms with Gasteiger partial charge in [-0.05, 0) is 84.6 Å². The monoisotopic (exact) mass is 1330 g/mol. The van der Waals surface area contributed by atoms with E-state index in [1.807, 2.05) is 133 Å². The molecule has 24 nitrogen and oxygen atoms in total. The van der Waals surface area contributed by atoms with Crippen LogP contribution in [0.15, 0.2) is 229 Å². The maximum Gasteiger partial charge on any atom is 1.00 e. The number of aryl methyl sites for hydroxylation is 2. The van der Waals surface area contributed by atoms with Crippen LogP contribution >= 0.6 is 46.4 Å². The molecule has 4 heterocycles. The molecule has 0 saturated heterocycles. The molecule has 10 aromatic rings. The van der Waals surface area contributed by atoms with Crippen LogP contribution in [-0.2, 0) is 34.1 Å². The first-order chi connectivity index (χ1) is 38.2. The number of hydrogen-bond acceptors (Lipinski definition) is 20. The first kappa shape index (κ1) is 73.0. The third-order valence-corrected chi connectivity index (χ3v) is 9.36. The van der Waals surface area contributed by atoms with E-state index in [4.69, 9.17) is 83.7 Å². The predicted octanol–water partition coefficient (Wildman–Crippen LogP) is 1.73. The van der Waals surface area contributed by atoms with Gasteiger partial charge in [-0.1, -0.05) is 167 Å². The molecule has 0 aliphatic carbocycles. The molecule has 0 saturated carbocycles. The minimum Gasteiger partial charge on any atom is -0.222 e. The van der Waals surface area contributed by atoms with Crippen molar-refractivity contribution in [1.29, 1.82) is 0 Å². The molecule has 0 aliphatic rings. The summed E-state index contributed by atoms with van der Waals surface area (Å²) >= 11 is 23.0. The summed E-state index contributed by atoms with van der Waals surface area (Å²) < 4.78 is 74.0. The molecule has 0 aliphatic heterocycles. The fourth-order valence-corrected chi connectivity index (χ4v) is 5.32. The second kappa shape index (κ2) is 41.9. The molecule has 0 N–H and O–H groups in total. The Bertz CT molecular complexity index is 2840. The van der Waals surface area contributed by atoms with Crippen LogP contribution in [0, 0.1) is 34.3 Å². The Morgan fingerprint density at radius 2 is 0.463 bits per heavy atom. The molecule has 0 amide bonds. The number of benzene rings is 6. The summed E-state index contributed by atoms with van der Waals surface area (Å²) in [4.78, 5) is 0. The summed E-state index contributed by atoms with van der Waals surface area (Å²) in [6, 6.07) is 50.1. The van der Waals surface area contributed by atoms with E-state index < -0.39 is 20.5 Å². The van der Waals surface area contributed by atoms with E-state index in [0.29, 0.717) is 20.1 Å². The molecule has 0 spiro atoms. The maximum atomic E-state index is 8.49. The van der Waals surface area contributed by atoms with Crippen LogP contribution in [0.4, 0.5) is 0 Å². The second-order valence-electron chi connectivity index (χ2n) is 14.6. The average molecular weight is 1340 g/mol. The van der Waals surface area contributed by atoms with Crippen molar-refractivity contribution in [3.63, 3.8) is 0 Å². The Kier molecular flexibility index (Phi) is 37.3. The van der Waals surface area contributed by atoms with Gasteiger partial charge in [0.1, 0.15) is 50.6 Å². The third kappa shape index (κ3) is 40.2. The second-order valence-corrected chi connectivity index (χ2v) is 17.9. The topological polar surface area (TPSA) is 357 Å². The van der Waals surface area contributed by atoms with Gasteiger partial charge in [0.2, 0.25) is 0 Å². The molecule has 0 fully saturated rings. The van der Waals surface area contributed by atoms with Crippen LogP contribution in [0.5, 0.6) is 0 Å². The smallest absolute Gasteiger partial charge is 0.222 e. The Labute approximate surface area is 515 Å². The fourth-order valence-electron chi connectivity index (χ4n) is 4.82. The van der Waals surface area contributed by atoms with Crippen molar-refractivity contribution < 1.29 is 91.9 Å². The van der Waals surface area contributed by atoms with E-state index in [1.165, 1.54) is 80.4 Å². The molecule has 82 heavy (non-hydrogen) atoms. The molecular formula is C50H44Cl6Cu2N16O8. The zero-order chi connectivity index (χ0) is 58.4. The van der Waals surface area contributed by atoms with Crippen molar-refractivity contribution in [3.05, 3.63) is 262 Å². The maximum absolute atomic E-state index is 8.49. The normalized spacial score (nSPS) is 10.4. The number of aromatic nitrogens is 12. The van der Waals surface area contributed by atoms with E-state index in [0.717, 1.165) is 22.3 Å². The zero-order valence-corrected chi connectivity index (χ0v) is 48.7. The summed E-state index contributed by atoms with van der Waals surface area (Å²) in [5.41, 5.74) is 6.54. The zero-order valence-electron chi connectivity index (χ0n) is 42.2. The number of rotatable bonds is 8. The van der Waals surface area contributed by atoms with E-state index in [2.05, 4.69) is 99.3 Å². The average Bonchev–Trinajstić information content (AvgIpc) is 4.30. The van der Waals surface area contributed by atoms with Crippen LogP contribution in [0.25, 0.3) is 0 Å². The molecule has 0 atom stereocenters. The van der Waals surface area contributed by atoms with Gasteiger partial charge in [-0.2, -0.15) is 20.4 Å². The molecule has 0 unspecified atom stereocenters. The molecule has 0 bridgehead atoms. The van der Waals surface area contributed by atoms with Crippen molar-refractivity contribution in [2.75, 3.05) is 0 Å². The van der Waals surface area contributed by atoms with Crippen molar-refractivity contribution in [1.82, 2.24) is 59.5 Å². The van der Waals surface area contributed by atoms with Crippen LogP contribution in [-0.4, -0.2) is 84.4 Å². The molecule has 436 valence electrons. The van der Waals surface area contributed by atoms with Crippen LogP contribution < -0.4 is 37.3 Å². The van der Waals surface area contributed by atoms with Crippen molar-refractivity contribution >= 4 is 71.3 Å². The minimum atomic E-state index is -4.94. The molecule has 6 aromatic carbocycles. The fraction of sp³-hybridized carbons (Fsp3) is 0.0400. The standard InChI is InChI=1S/4C9H7ClN4.2C7H8.2ClHO4.2Cu/c4*10-9-3-1-8(2-4-9)5-13-14-6-11-12-7-14;2*1-7-5-3-2-4-6-7;2*2-1(3,4)5;;/h4*1-7H;2*2-6H,1H3;2*(H,2,3,4,5);;/q;;;;;;;;2*+1/p-2/b4*13-5+;;;;;;. The summed E-state index contributed by atoms with van der Waals surface area (Å²) in [5.74, 6) is 0. The van der Waals surface area contributed by atoms with Gasteiger partial charge in [0, 0.05) is 20.1 Å². The molecule has 10 rings (SSSR count). The molecule has 32 heteroatoms. The van der Waals surface area contributed by atoms with Gasteiger partial charge in [0.25, 0.3) is 0 Å². The number of hydrogen-bond donors (Lipinski definition) is 0. The van der Waals surface area contributed by atoms with Crippen LogP contribution in [0.1, 0.15) is 33.4 Å². The van der Waals surface area contributed by atoms with Gasteiger partial charge in [-0.15, -0.1) is 61.3 Å². The van der Waals surface area contributed by atoms with Crippen LogP contribution in [0.3, 0.4) is 0 Å². The van der Waals surface area contributed by atoms with E-state index in [1.54, 1.807) is 24.9 Å². The third-order valence-electron chi connectivity index (χ3n) is 8.35. The first-order valence-corrected chi connectivity index (χ1v) is 26.0. The Morgan fingerprint density at radius 1 is 0.305 bits per heavy atom. The van der Waals surface area contributed by atoms with Crippen LogP contribution in [0.2, 0.25) is 20.1 Å². The largest absolute Gasteiger partial charge is 1.00 e. The minimum absolute atomic E-state index is 0. The van der Waals surface area contributed by atoms with Gasteiger partial charge in [0.05, 0.1) is 24.9 Å². The summed E-state index contributed by atoms with van der Waals surface area (Å²) in [6.07, 6.45) is 19.0. The summed E-state index contributed by atoms with van der Waals surface area (Å²) in [7, 11) is -9.89. The Hall–Kier alpha value is -6.98. The van der Waals surface area contributed by atoms with E-state index in [-0.39, 0.29) is 34.1 Å². The molecular weight excluding hydrogens is 1290 g/mol. The first-order valence-electron chi connectivity index (χ1n) is 22.0. The van der Waals surface area contributed by atoms with Gasteiger partial charge < -0.3 is 0 Å². The molecule has 4 aromatic heterocycles. The number of nitrogens with zero attached hydrogens (tertiary/aromatic N) is 16. The Balaban J connectivity index is 0.000000481. The Morgan fingerprint density at radius 3 is 0.598 bits per heavy atom. The van der Waals surface area contributed by atoms with Gasteiger partial charge in [-0.25, -0.2) is 56.0 Å². The number of halogens is 6. The SMILES string of the molecule is Cc1ccccc1.Cc1ccccc1.Clc1ccc(/C=N/n2cnnc2)cc1.Clc1ccc(/C=N/n2cnnc2)cc1.Clc1ccc(/C=N/n2cnnc2)cc1.Clc1ccc(/C=N/n2cnnc2)cc1.[Cu+].[Cu+].[O-][Cl+3]([O-])([O-])[O-].[O-][Cl+3]([O-])([O-])[O-].